The molecular weight excluding hydrogens is 1390 g/mol. The number of para-hydroxylation sites is 4. The van der Waals surface area contributed by atoms with Crippen molar-refractivity contribution in [1.29, 1.82) is 0 Å². The first-order chi connectivity index (χ1) is 54.6. The molecule has 0 saturated carbocycles. The zero-order valence-electron chi connectivity index (χ0n) is 61.2. The van der Waals surface area contributed by atoms with E-state index in [4.69, 9.17) is 8.83 Å². The minimum absolute atomic E-state index is 0.368. The molecule has 19 aromatic rings. The van der Waals surface area contributed by atoms with Gasteiger partial charge in [-0.2, -0.15) is 0 Å². The van der Waals surface area contributed by atoms with E-state index in [1.165, 1.54) is 41.5 Å². The van der Waals surface area contributed by atoms with Gasteiger partial charge in [-0.25, -0.2) is 0 Å². The van der Waals surface area contributed by atoms with Crippen LogP contribution in [-0.2, 0) is 5.41 Å². The molecule has 0 atom stereocenters. The Kier molecular flexibility index (Phi) is 16.3. The van der Waals surface area contributed by atoms with E-state index in [0.29, 0.717) is 33.9 Å². The molecule has 1 aliphatic rings. The third-order valence-corrected chi connectivity index (χ3v) is 35.1. The molecule has 111 heavy (non-hydrogen) atoms. The molecule has 532 valence electrons. The summed E-state index contributed by atoms with van der Waals surface area (Å²) < 4.78 is 50.6. The molecule has 0 saturated heterocycles. The van der Waals surface area contributed by atoms with Gasteiger partial charge in [0.2, 0.25) is 0 Å². The average molecular weight is 1470 g/mol. The Morgan fingerprint density at radius 2 is 0.595 bits per heavy atom. The number of hydrogen-bond donors (Lipinski definition) is 0. The predicted octanol–water partition coefficient (Wildman–Crippen LogP) is 21.7. The van der Waals surface area contributed by atoms with Crippen LogP contribution in [0.1, 0.15) is 25.0 Å². The first-order valence-corrected chi connectivity index (χ1v) is 42.8. The Hall–Kier alpha value is -13.5. The molecule has 0 bridgehead atoms. The number of benzene rings is 17. The molecule has 0 spiro atoms. The normalized spacial score (nSPS) is 12.9. The van der Waals surface area contributed by atoms with Crippen molar-refractivity contribution in [3.8, 4) is 33.4 Å². The maximum atomic E-state index is 18.5. The van der Waals surface area contributed by atoms with E-state index in [1.54, 1.807) is 12.1 Å². The minimum atomic E-state index is -3.27. The van der Waals surface area contributed by atoms with E-state index in [1.807, 2.05) is 83.8 Å². The van der Waals surface area contributed by atoms with Crippen molar-refractivity contribution in [3.63, 3.8) is 0 Å². The Balaban J connectivity index is 0.711. The summed E-state index contributed by atoms with van der Waals surface area (Å²) in [5.74, 6) is -0.782. The third kappa shape index (κ3) is 10.8. The second-order valence-electron chi connectivity index (χ2n) is 30.2. The van der Waals surface area contributed by atoms with E-state index < -0.39 is 27.4 Å². The Bertz CT molecular complexity index is 6560. The number of fused-ring (bicyclic) bond motifs is 11. The van der Waals surface area contributed by atoms with Crippen molar-refractivity contribution in [3.05, 3.63) is 423 Å². The summed E-state index contributed by atoms with van der Waals surface area (Å²) in [5.41, 5.74) is 13.4. The van der Waals surface area contributed by atoms with Gasteiger partial charge in [-0.1, -0.05) is 80.6 Å². The Morgan fingerprint density at radius 1 is 0.252 bits per heavy atom. The number of nitrogens with zero attached hydrogens (tertiary/aromatic N) is 2. The molecule has 0 radical (unpaired) electrons. The van der Waals surface area contributed by atoms with Crippen LogP contribution < -0.4 is 51.3 Å². The molecule has 0 aliphatic heterocycles. The van der Waals surface area contributed by atoms with Crippen molar-refractivity contribution >= 4 is 146 Å². The molecule has 1 aliphatic carbocycles. The first-order valence-electron chi connectivity index (χ1n) is 38.2. The molecule has 0 fully saturated rings. The molecule has 20 rings (SSSR count). The van der Waals surface area contributed by atoms with Crippen LogP contribution in [0.5, 0.6) is 0 Å². The van der Waals surface area contributed by atoms with E-state index in [2.05, 4.69) is 328 Å². The monoisotopic (exact) mass is 1460 g/mol. The second kappa shape index (κ2) is 27.0. The van der Waals surface area contributed by atoms with Crippen LogP contribution in [0.4, 0.5) is 42.9 Å². The molecule has 2 aromatic heterocycles. The topological polar surface area (TPSA) is 32.8 Å². The van der Waals surface area contributed by atoms with Gasteiger partial charge in [-0.3, -0.25) is 0 Å². The Labute approximate surface area is 645 Å². The van der Waals surface area contributed by atoms with Crippen LogP contribution in [-0.4, -0.2) is 16.1 Å². The van der Waals surface area contributed by atoms with Crippen LogP contribution >= 0.6 is 0 Å². The van der Waals surface area contributed by atoms with Crippen LogP contribution in [0.2, 0.25) is 0 Å². The summed E-state index contributed by atoms with van der Waals surface area (Å²) in [5, 5.41) is 16.1. The van der Waals surface area contributed by atoms with Gasteiger partial charge in [-0.15, -0.1) is 0 Å². The van der Waals surface area contributed by atoms with Crippen LogP contribution in [0.15, 0.2) is 409 Å². The Morgan fingerprint density at radius 3 is 1.01 bits per heavy atom. The fourth-order valence-corrected chi connectivity index (χ4v) is 29.9. The molecule has 2 heterocycles. The summed E-state index contributed by atoms with van der Waals surface area (Å²) in [6, 6.07) is 141. The van der Waals surface area contributed by atoms with Crippen LogP contribution in [0.25, 0.3) is 88.0 Å². The zero-order valence-corrected chi connectivity index (χ0v) is 63.5. The van der Waals surface area contributed by atoms with Crippen molar-refractivity contribution in [2.75, 3.05) is 9.80 Å². The van der Waals surface area contributed by atoms with Gasteiger partial charge in [0, 0.05) is 16.2 Å². The fraction of sp³-hybridized carbons (Fsp3) is 0.0291. The van der Waals surface area contributed by atoms with Crippen LogP contribution in [0.3, 0.4) is 0 Å². The van der Waals surface area contributed by atoms with Gasteiger partial charge in [0.1, 0.15) is 11.2 Å². The molecular formula is C103H74F2N2O2Si2-2. The van der Waals surface area contributed by atoms with Crippen molar-refractivity contribution in [1.82, 2.24) is 0 Å². The molecule has 0 N–H and O–H groups in total. The summed E-state index contributed by atoms with van der Waals surface area (Å²) in [6.45, 7) is 4.55. The minimum Gasteiger partial charge on any atom is -0.0616 e. The van der Waals surface area contributed by atoms with Gasteiger partial charge in [0.15, 0.2) is 0 Å². The number of hydrogen-bond acceptors (Lipinski definition) is 4. The average Bonchev–Trinajstić information content (AvgIpc) is 1.28. The number of anilines is 6. The number of halogens is 2. The predicted molar refractivity (Wildman–Crippen MR) is 466 cm³/mol. The summed E-state index contributed by atoms with van der Waals surface area (Å²) in [4.78, 5) is 4.11. The second-order valence-corrected chi connectivity index (χ2v) is 39.0. The SMILES string of the molecule is CC1(C)c2cc(N(c3ccc(-c4ccc([SiH-](c5ccccc5)(c5ccccc5)c5ccccc5)cc4)cc3F)c3cccc4c3oc3ccccc34)ccc2-c2c1cc(N(c1ccc(-c3ccc([SiH-](c4ccccc4)(c4ccccc4)c4ccccc4)cc3)cc1F)c1cccc3c1oc1ccccc13)c1ccccc21. The molecule has 0 unspecified atom stereocenters. The summed E-state index contributed by atoms with van der Waals surface area (Å²) in [7, 11) is -6.52. The van der Waals surface area contributed by atoms with Gasteiger partial charge in [0.05, 0.1) is 0 Å². The fourth-order valence-electron chi connectivity index (χ4n) is 18.9. The van der Waals surface area contributed by atoms with Gasteiger partial charge in [-0.05, 0) is 23.3 Å². The summed E-state index contributed by atoms with van der Waals surface area (Å²) >= 11 is 0. The molecule has 0 amide bonds. The van der Waals surface area contributed by atoms with Gasteiger partial charge in [0.25, 0.3) is 0 Å². The first kappa shape index (κ1) is 66.9. The van der Waals surface area contributed by atoms with Gasteiger partial charge < -0.3 is 0 Å². The van der Waals surface area contributed by atoms with Gasteiger partial charge >= 0.3 is 518 Å². The smallest absolute Gasteiger partial charge is 0.0616 e. The number of rotatable bonds is 16. The molecule has 17 aromatic carbocycles. The summed E-state index contributed by atoms with van der Waals surface area (Å²) in [6.07, 6.45) is 0. The van der Waals surface area contributed by atoms with E-state index >= 15 is 8.78 Å². The maximum absolute atomic E-state index is 18.5. The van der Waals surface area contributed by atoms with E-state index in [-0.39, 0.29) is 5.82 Å². The zero-order chi connectivity index (χ0) is 74.4. The molecule has 4 nitrogen and oxygen atoms in total. The quantitative estimate of drug-likeness (QED) is 0.0713. The van der Waals surface area contributed by atoms with E-state index in [9.17, 15) is 0 Å². The van der Waals surface area contributed by atoms with Crippen LogP contribution in [0, 0.1) is 11.6 Å². The number of furan rings is 2. The standard InChI is InChI=1S/C103H74F2N2O2Si2/c1-103(2)89-67-73(106(95-47-27-45-86-83-42-23-25-49-98(83)108-101(86)95)93-63-55-71(65-91(93)104)69-51-58-80(59-52-69)110(74-29-9-3-10-30-74,75-31-11-4-12-32-75)76-33-13-5-14-34-76)57-62-88(89)100-85-44-22-21-41-82(85)97(68-90(100)103)107(96-48-28-46-87-84-43-24-26-50-99(84)109-102(87)96)94-64-56-72(66-92(94)105)70-53-60-81(61-54-70)111(77-35-15-6-16-36-77,78-37-17-7-18-38-78)79-39-19-8-20-40-79/h3-68,110-111H,1-2H3/q-2. The third-order valence-electron chi connectivity index (χ3n) is 24.1. The van der Waals surface area contributed by atoms with Crippen molar-refractivity contribution in [2.24, 2.45) is 0 Å². The van der Waals surface area contributed by atoms with E-state index in [0.717, 1.165) is 99.4 Å². The van der Waals surface area contributed by atoms with Crippen molar-refractivity contribution in [2.45, 2.75) is 19.3 Å². The van der Waals surface area contributed by atoms with Crippen molar-refractivity contribution < 1.29 is 17.6 Å². The molecule has 8 heteroatoms.